The molecule has 1 aromatic carbocycles. The summed E-state index contributed by atoms with van der Waals surface area (Å²) in [7, 11) is 0. The van der Waals surface area contributed by atoms with Crippen LogP contribution in [0.1, 0.15) is 45.4 Å². The number of hydrogen-bond donors (Lipinski definition) is 2. The molecule has 1 aliphatic heterocycles. The third-order valence-corrected chi connectivity index (χ3v) is 4.30. The Balaban J connectivity index is 1.81. The van der Waals surface area contributed by atoms with Crippen LogP contribution in [0.2, 0.25) is 0 Å². The largest absolute Gasteiger partial charge is 0.494 e. The highest BCUT2D eigenvalue weighted by Crippen LogP contribution is 2.27. The minimum Gasteiger partial charge on any atom is -0.494 e. The number of unbranched alkanes of at least 4 members (excludes halogenated alkanes) is 4. The van der Waals surface area contributed by atoms with E-state index >= 15 is 0 Å². The van der Waals surface area contributed by atoms with E-state index in [0.717, 1.165) is 17.9 Å². The van der Waals surface area contributed by atoms with Gasteiger partial charge < -0.3 is 9.64 Å². The topological polar surface area (TPSA) is 84.7 Å². The molecule has 6 nitrogen and oxygen atoms in total. The van der Waals surface area contributed by atoms with Crippen LogP contribution in [0.15, 0.2) is 24.3 Å². The number of ether oxygens (including phenoxy) is 1. The Morgan fingerprint density at radius 2 is 1.96 bits per heavy atom. The number of hydrazine groups is 1. The molecule has 24 heavy (non-hydrogen) atoms. The maximum Gasteiger partial charge on any atom is 0.239 e. The van der Waals surface area contributed by atoms with Gasteiger partial charge in [-0.05, 0) is 30.7 Å². The Kier molecular flexibility index (Phi) is 7.06. The number of nitrogens with zero attached hydrogens (tertiary/aromatic N) is 1. The van der Waals surface area contributed by atoms with Crippen molar-refractivity contribution in [2.75, 3.05) is 18.1 Å². The van der Waals surface area contributed by atoms with E-state index in [-0.39, 0.29) is 24.2 Å². The Morgan fingerprint density at radius 1 is 1.25 bits per heavy atom. The van der Waals surface area contributed by atoms with Gasteiger partial charge >= 0.3 is 0 Å². The van der Waals surface area contributed by atoms with Gasteiger partial charge in [0.1, 0.15) is 5.75 Å². The first-order valence-electron chi connectivity index (χ1n) is 8.69. The van der Waals surface area contributed by atoms with Crippen molar-refractivity contribution < 1.29 is 14.3 Å². The molecule has 1 aliphatic rings. The smallest absolute Gasteiger partial charge is 0.239 e. The van der Waals surface area contributed by atoms with Crippen LogP contribution in [-0.4, -0.2) is 25.0 Å². The van der Waals surface area contributed by atoms with Crippen LogP contribution in [-0.2, 0) is 9.59 Å². The van der Waals surface area contributed by atoms with Gasteiger partial charge in [0, 0.05) is 18.7 Å². The van der Waals surface area contributed by atoms with E-state index in [1.165, 1.54) is 25.7 Å². The molecule has 2 amide bonds. The molecule has 0 aliphatic carbocycles. The molecule has 0 spiro atoms. The summed E-state index contributed by atoms with van der Waals surface area (Å²) >= 11 is 0. The van der Waals surface area contributed by atoms with E-state index in [0.29, 0.717) is 13.2 Å². The lowest BCUT2D eigenvalue weighted by Gasteiger charge is -2.17. The molecule has 0 aromatic heterocycles. The van der Waals surface area contributed by atoms with Gasteiger partial charge in [0.05, 0.1) is 12.5 Å². The minimum atomic E-state index is -0.387. The molecule has 1 heterocycles. The zero-order chi connectivity index (χ0) is 17.4. The van der Waals surface area contributed by atoms with E-state index < -0.39 is 0 Å². The molecule has 6 heteroatoms. The third-order valence-electron chi connectivity index (χ3n) is 4.30. The molecule has 0 bridgehead atoms. The molecule has 1 atom stereocenters. The Hall–Kier alpha value is -2.08. The lowest BCUT2D eigenvalue weighted by molar-refractivity contribution is -0.126. The van der Waals surface area contributed by atoms with Crippen LogP contribution < -0.4 is 20.9 Å². The number of benzene rings is 1. The van der Waals surface area contributed by atoms with Gasteiger partial charge in [0.25, 0.3) is 0 Å². The van der Waals surface area contributed by atoms with Gasteiger partial charge in [0.2, 0.25) is 11.8 Å². The van der Waals surface area contributed by atoms with Gasteiger partial charge in [-0.1, -0.05) is 32.6 Å². The lowest BCUT2D eigenvalue weighted by atomic mass is 10.1. The number of carbonyl (C=O) groups is 2. The number of anilines is 1. The second-order valence-electron chi connectivity index (χ2n) is 6.17. The summed E-state index contributed by atoms with van der Waals surface area (Å²) in [5, 5.41) is 0. The van der Waals surface area contributed by atoms with Crippen LogP contribution in [0.4, 0.5) is 5.69 Å². The summed E-state index contributed by atoms with van der Waals surface area (Å²) in [6.07, 6.45) is 6.22. The quantitative estimate of drug-likeness (QED) is 0.314. The summed E-state index contributed by atoms with van der Waals surface area (Å²) in [6.45, 7) is 3.28. The summed E-state index contributed by atoms with van der Waals surface area (Å²) in [5.41, 5.74) is 2.89. The molecule has 2 rings (SSSR count). The first-order chi connectivity index (χ1) is 11.7. The number of rotatable bonds is 9. The molecular weight excluding hydrogens is 306 g/mol. The second-order valence-corrected chi connectivity index (χ2v) is 6.17. The molecule has 0 saturated carbocycles. The Morgan fingerprint density at radius 3 is 2.62 bits per heavy atom. The van der Waals surface area contributed by atoms with Gasteiger partial charge in [-0.15, -0.1) is 0 Å². The molecule has 0 radical (unpaired) electrons. The van der Waals surface area contributed by atoms with E-state index in [2.05, 4.69) is 12.3 Å². The van der Waals surface area contributed by atoms with Gasteiger partial charge in [-0.2, -0.15) is 0 Å². The molecule has 1 unspecified atom stereocenters. The first-order valence-corrected chi connectivity index (χ1v) is 8.69. The minimum absolute atomic E-state index is 0.0619. The molecule has 1 saturated heterocycles. The van der Waals surface area contributed by atoms with Crippen LogP contribution in [0.3, 0.4) is 0 Å². The van der Waals surface area contributed by atoms with E-state index in [1.54, 1.807) is 4.90 Å². The van der Waals surface area contributed by atoms with Crippen LogP contribution >= 0.6 is 0 Å². The molecule has 1 aromatic rings. The number of amides is 2. The van der Waals surface area contributed by atoms with Crippen LogP contribution in [0.25, 0.3) is 0 Å². The van der Waals surface area contributed by atoms with Crippen LogP contribution in [0.5, 0.6) is 5.75 Å². The highest BCUT2D eigenvalue weighted by Gasteiger charge is 2.34. The van der Waals surface area contributed by atoms with Gasteiger partial charge in [-0.3, -0.25) is 15.0 Å². The van der Waals surface area contributed by atoms with E-state index in [4.69, 9.17) is 10.6 Å². The maximum atomic E-state index is 12.1. The van der Waals surface area contributed by atoms with E-state index in [9.17, 15) is 9.59 Å². The van der Waals surface area contributed by atoms with E-state index in [1.807, 2.05) is 24.3 Å². The fourth-order valence-electron chi connectivity index (χ4n) is 2.87. The molecule has 3 N–H and O–H groups in total. The summed E-state index contributed by atoms with van der Waals surface area (Å²) < 4.78 is 5.72. The van der Waals surface area contributed by atoms with Crippen LogP contribution in [0, 0.1) is 5.92 Å². The Bertz CT molecular complexity index is 545. The summed E-state index contributed by atoms with van der Waals surface area (Å²) in [6, 6.07) is 7.44. The second kappa shape index (κ2) is 9.27. The van der Waals surface area contributed by atoms with Crippen molar-refractivity contribution in [3.8, 4) is 5.75 Å². The van der Waals surface area contributed by atoms with Crippen molar-refractivity contribution in [2.45, 2.75) is 45.4 Å². The zero-order valence-corrected chi connectivity index (χ0v) is 14.3. The van der Waals surface area contributed by atoms with Crippen molar-refractivity contribution in [3.63, 3.8) is 0 Å². The number of carbonyl (C=O) groups excluding carboxylic acids is 2. The molecule has 1 fully saturated rings. The number of nitrogens with two attached hydrogens (primary N) is 1. The lowest BCUT2D eigenvalue weighted by Crippen LogP contribution is -2.37. The monoisotopic (exact) mass is 333 g/mol. The first kappa shape index (κ1) is 18.3. The summed E-state index contributed by atoms with van der Waals surface area (Å²) in [4.78, 5) is 25.2. The van der Waals surface area contributed by atoms with Crippen molar-refractivity contribution in [2.24, 2.45) is 11.8 Å². The highest BCUT2D eigenvalue weighted by atomic mass is 16.5. The molecule has 132 valence electrons. The number of hydrogen-bond acceptors (Lipinski definition) is 4. The van der Waals surface area contributed by atoms with Gasteiger partial charge in [0.15, 0.2) is 0 Å². The average Bonchev–Trinajstić information content (AvgIpc) is 2.99. The van der Waals surface area contributed by atoms with Crippen molar-refractivity contribution in [1.29, 1.82) is 0 Å². The number of nitrogens with one attached hydrogen (secondary N) is 1. The Labute approximate surface area is 143 Å². The predicted octanol–water partition coefficient (Wildman–Crippen LogP) is 2.38. The summed E-state index contributed by atoms with van der Waals surface area (Å²) in [5.74, 6) is 5.20. The molecular formula is C18H27N3O3. The standard InChI is InChI=1S/C18H27N3O3/c1-2-3-4-5-6-11-24-16-9-7-15(8-10-16)21-13-14(12-17(21)22)18(23)20-19/h7-10,14H,2-6,11-13,19H2,1H3,(H,20,23). The van der Waals surface area contributed by atoms with Crippen molar-refractivity contribution in [3.05, 3.63) is 24.3 Å². The van der Waals surface area contributed by atoms with Gasteiger partial charge in [-0.25, -0.2) is 5.84 Å². The normalized spacial score (nSPS) is 17.2. The fraction of sp³-hybridized carbons (Fsp3) is 0.556. The maximum absolute atomic E-state index is 12.1. The average molecular weight is 333 g/mol. The van der Waals surface area contributed by atoms with Crippen molar-refractivity contribution >= 4 is 17.5 Å². The SMILES string of the molecule is CCCCCCCOc1ccc(N2CC(C(=O)NN)CC2=O)cc1. The zero-order valence-electron chi connectivity index (χ0n) is 14.3. The fourth-order valence-corrected chi connectivity index (χ4v) is 2.87. The highest BCUT2D eigenvalue weighted by molar-refractivity contribution is 6.00. The predicted molar refractivity (Wildman–Crippen MR) is 93.5 cm³/mol. The van der Waals surface area contributed by atoms with Crippen molar-refractivity contribution in [1.82, 2.24) is 5.43 Å². The third kappa shape index (κ3) is 4.96.